The number of esters is 1. The molecule has 0 spiro atoms. The summed E-state index contributed by atoms with van der Waals surface area (Å²) in [5.74, 6) is -0.922. The number of hydrogen-bond donors (Lipinski definition) is 0. The van der Waals surface area contributed by atoms with Crippen molar-refractivity contribution in [3.8, 4) is 0 Å². The van der Waals surface area contributed by atoms with Gasteiger partial charge in [-0.1, -0.05) is 0 Å². The van der Waals surface area contributed by atoms with E-state index in [1.165, 1.54) is 18.6 Å². The smallest absolute Gasteiger partial charge is 0.358 e. The Kier molecular flexibility index (Phi) is 5.81. The molecular weight excluding hydrogens is 310 g/mol. The first kappa shape index (κ1) is 17.8. The van der Waals surface area contributed by atoms with Crippen LogP contribution >= 0.6 is 0 Å². The largest absolute Gasteiger partial charge is 0.453 e. The molecule has 0 aliphatic carbocycles. The van der Waals surface area contributed by atoms with E-state index in [0.29, 0.717) is 12.2 Å². The molecule has 2 heterocycles. The quantitative estimate of drug-likeness (QED) is 0.571. The van der Waals surface area contributed by atoms with Crippen LogP contribution in [0.4, 0.5) is 0 Å². The number of ether oxygens (including phenoxy) is 2. The molecule has 7 heteroatoms. The summed E-state index contributed by atoms with van der Waals surface area (Å²) in [6.45, 7) is 6.04. The van der Waals surface area contributed by atoms with E-state index in [9.17, 15) is 9.59 Å². The minimum absolute atomic E-state index is 0.0736. The Hall–Kier alpha value is -2.54. The van der Waals surface area contributed by atoms with Crippen molar-refractivity contribution in [2.45, 2.75) is 26.8 Å². The normalized spacial score (nSPS) is 12.0. The molecule has 0 aliphatic rings. The van der Waals surface area contributed by atoms with Crippen LogP contribution in [0.3, 0.4) is 0 Å². The van der Waals surface area contributed by atoms with Crippen LogP contribution in [0.2, 0.25) is 0 Å². The lowest BCUT2D eigenvalue weighted by atomic mass is 10.1. The maximum atomic E-state index is 12.4. The molecule has 2 aromatic rings. The van der Waals surface area contributed by atoms with Gasteiger partial charge in [0.1, 0.15) is 0 Å². The van der Waals surface area contributed by atoms with E-state index in [1.54, 1.807) is 13.2 Å². The van der Waals surface area contributed by atoms with Crippen molar-refractivity contribution in [1.29, 1.82) is 0 Å². The van der Waals surface area contributed by atoms with Crippen molar-refractivity contribution in [3.05, 3.63) is 47.3 Å². The number of carbonyl (C=O) groups excluding carboxylic acids is 2. The predicted octanol–water partition coefficient (Wildman–Crippen LogP) is 2.14. The third-order valence-corrected chi connectivity index (χ3v) is 3.74. The lowest BCUT2D eigenvalue weighted by molar-refractivity contribution is 0.0468. The first-order valence-corrected chi connectivity index (χ1v) is 7.59. The molecule has 2 aromatic heterocycles. The Bertz CT molecular complexity index is 725. The van der Waals surface area contributed by atoms with Crippen LogP contribution in [0.1, 0.15) is 45.2 Å². The molecule has 0 aromatic carbocycles. The maximum absolute atomic E-state index is 12.4. The fraction of sp³-hybridized carbons (Fsp3) is 0.412. The molecule has 128 valence electrons. The Morgan fingerprint density at radius 2 is 2.04 bits per heavy atom. The van der Waals surface area contributed by atoms with Crippen molar-refractivity contribution in [2.75, 3.05) is 20.3 Å². The van der Waals surface area contributed by atoms with Gasteiger partial charge in [-0.3, -0.25) is 9.78 Å². The van der Waals surface area contributed by atoms with Crippen LogP contribution in [0.5, 0.6) is 0 Å². The number of carbonyl (C=O) groups is 2. The summed E-state index contributed by atoms with van der Waals surface area (Å²) in [6, 6.07) is 1.92. The zero-order chi connectivity index (χ0) is 17.7. The Labute approximate surface area is 140 Å². The van der Waals surface area contributed by atoms with Gasteiger partial charge < -0.3 is 14.0 Å². The average Bonchev–Trinajstić information content (AvgIpc) is 2.88. The second-order valence-corrected chi connectivity index (χ2v) is 5.55. The van der Waals surface area contributed by atoms with Gasteiger partial charge in [0.15, 0.2) is 12.3 Å². The number of aromatic nitrogens is 3. The lowest BCUT2D eigenvalue weighted by Crippen LogP contribution is -2.17. The van der Waals surface area contributed by atoms with Gasteiger partial charge in [0, 0.05) is 36.5 Å². The van der Waals surface area contributed by atoms with Gasteiger partial charge in [-0.2, -0.15) is 0 Å². The summed E-state index contributed by atoms with van der Waals surface area (Å²) in [5, 5.41) is 0. The summed E-state index contributed by atoms with van der Waals surface area (Å²) < 4.78 is 12.3. The molecular formula is C17H21N3O4. The van der Waals surface area contributed by atoms with Gasteiger partial charge in [0.25, 0.3) is 0 Å². The number of aryl methyl sites for hydroxylation is 1. The lowest BCUT2D eigenvalue weighted by Gasteiger charge is -2.17. The van der Waals surface area contributed by atoms with Crippen LogP contribution in [-0.2, 0) is 9.47 Å². The van der Waals surface area contributed by atoms with Gasteiger partial charge in [0.05, 0.1) is 18.8 Å². The number of hydrogen-bond acceptors (Lipinski definition) is 6. The molecule has 0 fully saturated rings. The number of rotatable bonds is 7. The summed E-state index contributed by atoms with van der Waals surface area (Å²) in [5.41, 5.74) is 2.41. The molecule has 1 atom stereocenters. The molecule has 24 heavy (non-hydrogen) atoms. The van der Waals surface area contributed by atoms with Gasteiger partial charge in [-0.05, 0) is 26.8 Å². The van der Waals surface area contributed by atoms with Crippen LogP contribution < -0.4 is 0 Å². The van der Waals surface area contributed by atoms with E-state index < -0.39 is 5.97 Å². The Morgan fingerprint density at radius 3 is 2.67 bits per heavy atom. The van der Waals surface area contributed by atoms with E-state index >= 15 is 0 Å². The van der Waals surface area contributed by atoms with Crippen molar-refractivity contribution in [3.63, 3.8) is 0 Å². The first-order chi connectivity index (χ1) is 11.5. The van der Waals surface area contributed by atoms with Crippen LogP contribution in [0, 0.1) is 13.8 Å². The molecule has 0 aliphatic heterocycles. The number of Topliss-reactive ketones (excluding diaryl/α,β-unsaturated/α-hetero) is 1. The molecule has 0 N–H and O–H groups in total. The topological polar surface area (TPSA) is 83.3 Å². The zero-order valence-corrected chi connectivity index (χ0v) is 14.3. The predicted molar refractivity (Wildman–Crippen MR) is 87.1 cm³/mol. The number of methoxy groups -OCH3 is 1. The number of ketones is 1. The molecule has 0 saturated carbocycles. The Morgan fingerprint density at radius 1 is 1.29 bits per heavy atom. The van der Waals surface area contributed by atoms with Gasteiger partial charge >= 0.3 is 5.97 Å². The van der Waals surface area contributed by atoms with E-state index in [4.69, 9.17) is 9.47 Å². The van der Waals surface area contributed by atoms with Gasteiger partial charge in [0.2, 0.25) is 5.78 Å². The van der Waals surface area contributed by atoms with E-state index in [-0.39, 0.29) is 24.1 Å². The van der Waals surface area contributed by atoms with E-state index in [0.717, 1.165) is 11.4 Å². The summed E-state index contributed by atoms with van der Waals surface area (Å²) in [4.78, 5) is 31.9. The minimum Gasteiger partial charge on any atom is -0.453 e. The highest BCUT2D eigenvalue weighted by Gasteiger charge is 2.20. The standard InChI is InChI=1S/C17H21N3O4/c1-11-7-14(13(3)20(11)12(2)9-23-4)16(21)10-24-17(22)15-8-18-5-6-19-15/h5-8,12H,9-10H2,1-4H3/t12-/m1/s1. The zero-order valence-electron chi connectivity index (χ0n) is 14.3. The van der Waals surface area contributed by atoms with Crippen LogP contribution in [0.15, 0.2) is 24.7 Å². The average molecular weight is 331 g/mol. The summed E-state index contributed by atoms with van der Waals surface area (Å²) in [6.07, 6.45) is 4.15. The fourth-order valence-electron chi connectivity index (χ4n) is 2.74. The van der Waals surface area contributed by atoms with Crippen molar-refractivity contribution in [1.82, 2.24) is 14.5 Å². The number of nitrogens with zero attached hydrogens (tertiary/aromatic N) is 3. The second-order valence-electron chi connectivity index (χ2n) is 5.55. The minimum atomic E-state index is -0.669. The van der Waals surface area contributed by atoms with Gasteiger partial charge in [-0.15, -0.1) is 0 Å². The van der Waals surface area contributed by atoms with Crippen molar-refractivity contribution < 1.29 is 19.1 Å². The highest BCUT2D eigenvalue weighted by Crippen LogP contribution is 2.21. The summed E-state index contributed by atoms with van der Waals surface area (Å²) >= 11 is 0. The van der Waals surface area contributed by atoms with E-state index in [2.05, 4.69) is 9.97 Å². The van der Waals surface area contributed by atoms with Crippen LogP contribution in [-0.4, -0.2) is 46.6 Å². The molecule has 0 saturated heterocycles. The first-order valence-electron chi connectivity index (χ1n) is 7.59. The third kappa shape index (κ3) is 3.86. The van der Waals surface area contributed by atoms with Crippen molar-refractivity contribution >= 4 is 11.8 Å². The molecule has 0 unspecified atom stereocenters. The second kappa shape index (κ2) is 7.83. The van der Waals surface area contributed by atoms with Gasteiger partial charge in [-0.25, -0.2) is 9.78 Å². The third-order valence-electron chi connectivity index (χ3n) is 3.74. The molecule has 0 amide bonds. The van der Waals surface area contributed by atoms with Crippen LogP contribution in [0.25, 0.3) is 0 Å². The Balaban J connectivity index is 2.08. The van der Waals surface area contributed by atoms with E-state index in [1.807, 2.05) is 25.3 Å². The summed E-state index contributed by atoms with van der Waals surface area (Å²) in [7, 11) is 1.64. The highest BCUT2D eigenvalue weighted by atomic mass is 16.5. The molecule has 0 radical (unpaired) electrons. The van der Waals surface area contributed by atoms with Crippen molar-refractivity contribution in [2.24, 2.45) is 0 Å². The molecule has 2 rings (SSSR count). The highest BCUT2D eigenvalue weighted by molar-refractivity contribution is 6.00. The fourth-order valence-corrected chi connectivity index (χ4v) is 2.74. The SMILES string of the molecule is COC[C@@H](C)n1c(C)cc(C(=O)COC(=O)c2cnccn2)c1C. The monoisotopic (exact) mass is 331 g/mol. The molecule has 7 nitrogen and oxygen atoms in total. The molecule has 0 bridgehead atoms. The maximum Gasteiger partial charge on any atom is 0.358 e.